The first-order chi connectivity index (χ1) is 70.8. The van der Waals surface area contributed by atoms with E-state index in [1.807, 2.05) is 267 Å². The SMILES string of the molecule is O=S1(=O)c2cc3c(cc2-c2c(ccc4c2c2ccc(-c5ccc(N6c7ccc8c(c7-c7c(ccc9c7c7ccccc7n9-c7ccccc7)S6(=O)=O)c6ccc(-c7ccc(N9c%10ccc%11c(c%10-c%10ccc%12c(c%10S9(=O)=O)c9ccccc9n%12-c9ccccc9)c9ccccc9n%11-c9ccccc9)cc7)cc6n8-c6ccccc6)cc5)cc2n4-c2ccccc2)N1c1ccccc1)c1ccccc1n3-c1ccccc1. The van der Waals surface area contributed by atoms with E-state index in [-0.39, 0.29) is 14.7 Å². The third kappa shape index (κ3) is 11.4. The van der Waals surface area contributed by atoms with Crippen LogP contribution in [0.2, 0.25) is 0 Å². The van der Waals surface area contributed by atoms with Crippen LogP contribution in [-0.2, 0) is 30.1 Å². The second-order valence-electron chi connectivity index (χ2n) is 37.4. The standard InChI is InChI=1S/C126H77N9O6S3/c136-142(137)115-73-72-107-120(93-46-24-28-50-102(93)128(107)83-32-10-2-11-33-83)125(115)124-111(134(142)89-58-52-78(53-59-89)80-56-62-95-112(74-80)131(86-38-16-5-17-39-86)105-67-70-110-122(118(95)105)99-76-98-91-44-22-26-48-100(91)130(85-36-14-4-15-37-85)114(98)77-116(99)143(138,139)133(110)88-42-20-7-21-43-88)71-68-106-119(124)96-63-57-81(75-113(96)132(106)87-40-18-6-19-41-87)79-54-60-90(61-55-79)135-109-69-66-104-117(92-45-23-27-49-101(92)127(104)82-30-8-1-9-31-82)121(109)97-64-65-108-123(126(97)144(135,140)141)94-47-25-29-51-103(94)129(108)84-34-12-3-13-35-84/h1-77H. The number of hydrogen-bond acceptors (Lipinski definition) is 6. The maximum absolute atomic E-state index is 16.9. The Labute approximate surface area is 825 Å². The number of benzene rings is 21. The Kier molecular flexibility index (Phi) is 17.2. The molecule has 21 aromatic carbocycles. The molecule has 144 heavy (non-hydrogen) atoms. The van der Waals surface area contributed by atoms with E-state index in [1.54, 1.807) is 10.4 Å². The highest BCUT2D eigenvalue weighted by atomic mass is 32.2. The summed E-state index contributed by atoms with van der Waals surface area (Å²) >= 11 is 0. The summed E-state index contributed by atoms with van der Waals surface area (Å²) in [6.45, 7) is 0. The normalized spacial score (nSPS) is 14.0. The fourth-order valence-electron chi connectivity index (χ4n) is 24.1. The molecule has 0 N–H and O–H groups in total. The Morgan fingerprint density at radius 1 is 0.153 bits per heavy atom. The van der Waals surface area contributed by atoms with Gasteiger partial charge in [-0.25, -0.2) is 38.2 Å². The predicted octanol–water partition coefficient (Wildman–Crippen LogP) is 31.1. The highest BCUT2D eigenvalue weighted by molar-refractivity contribution is 7.94. The van der Waals surface area contributed by atoms with Crippen LogP contribution in [0.1, 0.15) is 0 Å². The fourth-order valence-corrected chi connectivity index (χ4v) is 29.4. The van der Waals surface area contributed by atoms with Crippen molar-refractivity contribution >= 4 is 195 Å². The maximum Gasteiger partial charge on any atom is 0.270 e. The molecular formula is C126H77N9O6S3. The molecule has 0 aliphatic carbocycles. The van der Waals surface area contributed by atoms with Crippen molar-refractivity contribution in [3.05, 3.63) is 467 Å². The number of aromatic nitrogens is 6. The van der Waals surface area contributed by atoms with Gasteiger partial charge >= 0.3 is 0 Å². The van der Waals surface area contributed by atoms with Gasteiger partial charge in [0.25, 0.3) is 30.1 Å². The molecule has 0 amide bonds. The number of rotatable bonds is 11. The van der Waals surface area contributed by atoms with Gasteiger partial charge in [0.1, 0.15) is 4.90 Å². The van der Waals surface area contributed by atoms with E-state index in [0.717, 1.165) is 199 Å². The second-order valence-corrected chi connectivity index (χ2v) is 42.6. The van der Waals surface area contributed by atoms with Gasteiger partial charge in [0.15, 0.2) is 0 Å². The molecule has 0 fully saturated rings. The summed E-state index contributed by atoms with van der Waals surface area (Å²) in [5, 5.41) is 10.5. The molecule has 0 saturated heterocycles. The lowest BCUT2D eigenvalue weighted by atomic mass is 9.92. The van der Waals surface area contributed by atoms with Crippen molar-refractivity contribution in [2.24, 2.45) is 0 Å². The van der Waals surface area contributed by atoms with Gasteiger partial charge in [-0.1, -0.05) is 255 Å². The van der Waals surface area contributed by atoms with Gasteiger partial charge in [0.05, 0.1) is 110 Å². The molecule has 0 bridgehead atoms. The van der Waals surface area contributed by atoms with Gasteiger partial charge in [0.2, 0.25) is 0 Å². The van der Waals surface area contributed by atoms with Gasteiger partial charge in [0, 0.05) is 132 Å². The molecule has 0 unspecified atom stereocenters. The predicted molar refractivity (Wildman–Crippen MR) is 587 cm³/mol. The molecule has 6 aromatic heterocycles. The van der Waals surface area contributed by atoms with Crippen LogP contribution >= 0.6 is 0 Å². The second kappa shape index (κ2) is 30.3. The lowest BCUT2D eigenvalue weighted by molar-refractivity contribution is 0.594. The monoisotopic (exact) mass is 1910 g/mol. The molecule has 680 valence electrons. The van der Waals surface area contributed by atoms with Gasteiger partial charge in [-0.3, -0.25) is 0 Å². The van der Waals surface area contributed by atoms with Crippen LogP contribution in [0, 0.1) is 0 Å². The van der Waals surface area contributed by atoms with Crippen LogP contribution in [0.3, 0.4) is 0 Å². The van der Waals surface area contributed by atoms with E-state index in [1.165, 1.54) is 8.61 Å². The van der Waals surface area contributed by atoms with E-state index in [0.29, 0.717) is 56.2 Å². The number of anilines is 6. The molecule has 15 nitrogen and oxygen atoms in total. The summed E-state index contributed by atoms with van der Waals surface area (Å²) in [5.41, 5.74) is 26.5. The molecule has 0 spiro atoms. The Morgan fingerprint density at radius 2 is 0.431 bits per heavy atom. The summed E-state index contributed by atoms with van der Waals surface area (Å²) in [6, 6.07) is 156. The quantitative estimate of drug-likeness (QED) is 0.126. The summed E-state index contributed by atoms with van der Waals surface area (Å²) in [6.07, 6.45) is 0. The highest BCUT2D eigenvalue weighted by Crippen LogP contribution is 2.61. The molecule has 0 atom stereocenters. The van der Waals surface area contributed by atoms with Crippen molar-refractivity contribution in [1.82, 2.24) is 27.4 Å². The Hall–Kier alpha value is -18.3. The number of fused-ring (bicyclic) bond motifs is 32. The molecule has 0 radical (unpaired) electrons. The largest absolute Gasteiger partial charge is 0.309 e. The van der Waals surface area contributed by atoms with Crippen LogP contribution in [0.4, 0.5) is 34.1 Å². The van der Waals surface area contributed by atoms with Crippen LogP contribution in [0.15, 0.2) is 482 Å². The van der Waals surface area contributed by atoms with Crippen molar-refractivity contribution < 1.29 is 25.3 Å². The Balaban J connectivity index is 0.594. The van der Waals surface area contributed by atoms with Crippen molar-refractivity contribution in [2.45, 2.75) is 14.7 Å². The molecule has 3 aliphatic heterocycles. The Morgan fingerprint density at radius 3 is 0.854 bits per heavy atom. The minimum Gasteiger partial charge on any atom is -0.309 e. The van der Waals surface area contributed by atoms with E-state index in [9.17, 15) is 0 Å². The summed E-state index contributed by atoms with van der Waals surface area (Å²) in [7, 11) is -13.3. The van der Waals surface area contributed by atoms with E-state index in [2.05, 4.69) is 222 Å². The molecular weight excluding hydrogens is 1830 g/mol. The summed E-state index contributed by atoms with van der Waals surface area (Å²) in [5.74, 6) is 0. The zero-order chi connectivity index (χ0) is 95.4. The molecule has 3 aliphatic rings. The van der Waals surface area contributed by atoms with Gasteiger partial charge in [-0.15, -0.1) is 0 Å². The Bertz CT molecular complexity index is 10600. The third-order valence-corrected chi connectivity index (χ3v) is 35.3. The lowest BCUT2D eigenvalue weighted by Crippen LogP contribution is -2.30. The summed E-state index contributed by atoms with van der Waals surface area (Å²) in [4.78, 5) is 0.569. The van der Waals surface area contributed by atoms with Crippen molar-refractivity contribution in [3.8, 4) is 89.8 Å². The average Bonchev–Trinajstić information content (AvgIpc) is 1.50. The zero-order valence-corrected chi connectivity index (χ0v) is 79.1. The van der Waals surface area contributed by atoms with Crippen molar-refractivity contribution in [1.29, 1.82) is 0 Å². The first kappa shape index (κ1) is 81.6. The minimum atomic E-state index is -4.50. The maximum atomic E-state index is 16.9. The van der Waals surface area contributed by atoms with Gasteiger partial charge in [-0.2, -0.15) is 0 Å². The molecule has 0 saturated carbocycles. The average molecular weight is 1910 g/mol. The van der Waals surface area contributed by atoms with E-state index >= 15 is 25.3 Å². The molecule has 30 rings (SSSR count). The minimum absolute atomic E-state index is 0.151. The topological polar surface area (TPSA) is 142 Å². The van der Waals surface area contributed by atoms with Crippen LogP contribution in [0.25, 0.3) is 221 Å². The highest BCUT2D eigenvalue weighted by Gasteiger charge is 2.45. The molecule has 9 heterocycles. The number of sulfonamides is 3. The number of hydrogen-bond donors (Lipinski definition) is 0. The molecule has 27 aromatic rings. The van der Waals surface area contributed by atoms with Gasteiger partial charge < -0.3 is 27.4 Å². The number of nitrogens with zero attached hydrogens (tertiary/aromatic N) is 9. The number of para-hydroxylation sites is 11. The third-order valence-electron chi connectivity index (χ3n) is 29.9. The molecule has 18 heteroatoms. The first-order valence-electron chi connectivity index (χ1n) is 48.0. The van der Waals surface area contributed by atoms with Crippen LogP contribution in [-0.4, -0.2) is 52.7 Å². The van der Waals surface area contributed by atoms with Crippen molar-refractivity contribution in [3.63, 3.8) is 0 Å². The van der Waals surface area contributed by atoms with Crippen LogP contribution in [0.5, 0.6) is 0 Å². The lowest BCUT2D eigenvalue weighted by Gasteiger charge is -2.33. The van der Waals surface area contributed by atoms with Crippen molar-refractivity contribution in [2.75, 3.05) is 12.9 Å². The van der Waals surface area contributed by atoms with E-state index < -0.39 is 30.1 Å². The zero-order valence-electron chi connectivity index (χ0n) is 76.7. The van der Waals surface area contributed by atoms with Gasteiger partial charge in [-0.05, 0) is 235 Å². The first-order valence-corrected chi connectivity index (χ1v) is 52.4. The summed E-state index contributed by atoms with van der Waals surface area (Å²) < 4.78 is 118. The van der Waals surface area contributed by atoms with E-state index in [4.69, 9.17) is 0 Å². The fraction of sp³-hybridized carbons (Fsp3) is 0. The van der Waals surface area contributed by atoms with Crippen LogP contribution < -0.4 is 12.9 Å². The smallest absolute Gasteiger partial charge is 0.270 e.